The number of hydrogen-bond donors (Lipinski definition) is 1. The van der Waals surface area contributed by atoms with Gasteiger partial charge in [0.2, 0.25) is 0 Å². The van der Waals surface area contributed by atoms with Crippen LogP contribution in [0.3, 0.4) is 0 Å². The SMILES string of the molecule is CNCCC1CCCCN1C1CCCSC1C. The number of piperidine rings is 1. The van der Waals surface area contributed by atoms with Crippen LogP contribution in [0.5, 0.6) is 0 Å². The van der Waals surface area contributed by atoms with Crippen molar-refractivity contribution in [2.24, 2.45) is 0 Å². The molecule has 17 heavy (non-hydrogen) atoms. The number of likely N-dealkylation sites (tertiary alicyclic amines) is 1. The Bertz CT molecular complexity index is 222. The van der Waals surface area contributed by atoms with E-state index in [2.05, 4.69) is 35.9 Å². The van der Waals surface area contributed by atoms with E-state index in [-0.39, 0.29) is 0 Å². The summed E-state index contributed by atoms with van der Waals surface area (Å²) in [5.74, 6) is 1.38. The van der Waals surface area contributed by atoms with E-state index in [9.17, 15) is 0 Å². The van der Waals surface area contributed by atoms with Gasteiger partial charge in [0.05, 0.1) is 0 Å². The molecule has 1 N–H and O–H groups in total. The summed E-state index contributed by atoms with van der Waals surface area (Å²) in [6.07, 6.45) is 8.49. The molecule has 0 aromatic carbocycles. The van der Waals surface area contributed by atoms with Crippen molar-refractivity contribution in [3.63, 3.8) is 0 Å². The van der Waals surface area contributed by atoms with Crippen molar-refractivity contribution in [2.75, 3.05) is 25.9 Å². The summed E-state index contributed by atoms with van der Waals surface area (Å²) in [5.41, 5.74) is 0. The van der Waals surface area contributed by atoms with Gasteiger partial charge in [-0.3, -0.25) is 4.90 Å². The fourth-order valence-corrected chi connectivity index (χ4v) is 4.64. The Morgan fingerprint density at radius 2 is 2.12 bits per heavy atom. The Morgan fingerprint density at radius 3 is 2.88 bits per heavy atom. The monoisotopic (exact) mass is 256 g/mol. The average molecular weight is 256 g/mol. The first-order valence-electron chi connectivity index (χ1n) is 7.35. The number of thioether (sulfide) groups is 1. The van der Waals surface area contributed by atoms with Gasteiger partial charge < -0.3 is 5.32 Å². The van der Waals surface area contributed by atoms with Gasteiger partial charge in [0.1, 0.15) is 0 Å². The molecule has 2 fully saturated rings. The number of rotatable bonds is 4. The Morgan fingerprint density at radius 1 is 1.24 bits per heavy atom. The third-order valence-corrected chi connectivity index (χ3v) is 5.76. The predicted molar refractivity (Wildman–Crippen MR) is 77.8 cm³/mol. The molecule has 2 saturated heterocycles. The minimum atomic E-state index is 0.846. The Kier molecular flexibility index (Phi) is 5.64. The van der Waals surface area contributed by atoms with Crippen LogP contribution >= 0.6 is 11.8 Å². The van der Waals surface area contributed by atoms with Crippen LogP contribution in [-0.4, -0.2) is 48.1 Å². The summed E-state index contributed by atoms with van der Waals surface area (Å²) >= 11 is 2.19. The van der Waals surface area contributed by atoms with Crippen molar-refractivity contribution in [2.45, 2.75) is 62.8 Å². The molecule has 0 aliphatic carbocycles. The van der Waals surface area contributed by atoms with Gasteiger partial charge in [0.25, 0.3) is 0 Å². The summed E-state index contributed by atoms with van der Waals surface area (Å²) < 4.78 is 0. The zero-order valence-corrected chi connectivity index (χ0v) is 12.3. The molecule has 0 amide bonds. The van der Waals surface area contributed by atoms with E-state index in [1.54, 1.807) is 0 Å². The van der Waals surface area contributed by atoms with Gasteiger partial charge in [-0.25, -0.2) is 0 Å². The molecular formula is C14H28N2S. The molecule has 0 aromatic rings. The highest BCUT2D eigenvalue weighted by Crippen LogP contribution is 2.33. The number of nitrogens with one attached hydrogen (secondary N) is 1. The maximum Gasteiger partial charge on any atom is 0.0215 e. The summed E-state index contributed by atoms with van der Waals surface area (Å²) in [6, 6.07) is 1.71. The molecule has 2 nitrogen and oxygen atoms in total. The second-order valence-electron chi connectivity index (χ2n) is 5.57. The molecule has 0 bridgehead atoms. The normalized spacial score (nSPS) is 36.0. The smallest absolute Gasteiger partial charge is 0.0215 e. The summed E-state index contributed by atoms with van der Waals surface area (Å²) in [6.45, 7) is 4.97. The topological polar surface area (TPSA) is 15.3 Å². The molecule has 0 aromatic heterocycles. The number of nitrogens with zero attached hydrogens (tertiary/aromatic N) is 1. The lowest BCUT2D eigenvalue weighted by molar-refractivity contribution is 0.0823. The van der Waals surface area contributed by atoms with Gasteiger partial charge in [-0.15, -0.1) is 0 Å². The summed E-state index contributed by atoms with van der Waals surface area (Å²) in [7, 11) is 2.08. The van der Waals surface area contributed by atoms with Crippen LogP contribution in [0.2, 0.25) is 0 Å². The van der Waals surface area contributed by atoms with Gasteiger partial charge in [0, 0.05) is 17.3 Å². The first-order chi connectivity index (χ1) is 8.33. The maximum absolute atomic E-state index is 3.32. The quantitative estimate of drug-likeness (QED) is 0.832. The van der Waals surface area contributed by atoms with Crippen LogP contribution in [0.4, 0.5) is 0 Å². The molecule has 100 valence electrons. The fourth-order valence-electron chi connectivity index (χ4n) is 3.42. The molecule has 2 aliphatic rings. The minimum Gasteiger partial charge on any atom is -0.320 e. The first kappa shape index (κ1) is 13.7. The highest BCUT2D eigenvalue weighted by atomic mass is 32.2. The lowest BCUT2D eigenvalue weighted by atomic mass is 9.94. The molecule has 2 heterocycles. The molecule has 0 spiro atoms. The van der Waals surface area contributed by atoms with Crippen molar-refractivity contribution in [1.29, 1.82) is 0 Å². The van der Waals surface area contributed by atoms with Crippen LogP contribution in [0, 0.1) is 0 Å². The fraction of sp³-hybridized carbons (Fsp3) is 1.00. The van der Waals surface area contributed by atoms with Gasteiger partial charge in [-0.2, -0.15) is 11.8 Å². The Labute approximate surface area is 111 Å². The van der Waals surface area contributed by atoms with Crippen molar-refractivity contribution in [3.8, 4) is 0 Å². The van der Waals surface area contributed by atoms with E-state index in [0.29, 0.717) is 0 Å². The minimum absolute atomic E-state index is 0.846. The van der Waals surface area contributed by atoms with Crippen molar-refractivity contribution < 1.29 is 0 Å². The lowest BCUT2D eigenvalue weighted by Gasteiger charge is -2.45. The van der Waals surface area contributed by atoms with Crippen molar-refractivity contribution in [1.82, 2.24) is 10.2 Å². The van der Waals surface area contributed by atoms with Crippen molar-refractivity contribution in [3.05, 3.63) is 0 Å². The predicted octanol–water partition coefficient (Wildman–Crippen LogP) is 2.73. The second-order valence-corrected chi connectivity index (χ2v) is 7.05. The van der Waals surface area contributed by atoms with Crippen molar-refractivity contribution >= 4 is 11.8 Å². The van der Waals surface area contributed by atoms with E-state index in [4.69, 9.17) is 0 Å². The van der Waals surface area contributed by atoms with Crippen LogP contribution in [0.25, 0.3) is 0 Å². The van der Waals surface area contributed by atoms with Crippen LogP contribution in [-0.2, 0) is 0 Å². The van der Waals surface area contributed by atoms with E-state index < -0.39 is 0 Å². The van der Waals surface area contributed by atoms with Crippen LogP contribution in [0.1, 0.15) is 45.4 Å². The molecule has 2 aliphatic heterocycles. The highest BCUT2D eigenvalue weighted by Gasteiger charge is 2.33. The van der Waals surface area contributed by atoms with E-state index >= 15 is 0 Å². The van der Waals surface area contributed by atoms with Gasteiger partial charge >= 0.3 is 0 Å². The largest absolute Gasteiger partial charge is 0.320 e. The Balaban J connectivity index is 1.94. The summed E-state index contributed by atoms with van der Waals surface area (Å²) in [5, 5.41) is 4.16. The van der Waals surface area contributed by atoms with E-state index in [1.165, 1.54) is 57.4 Å². The van der Waals surface area contributed by atoms with Gasteiger partial charge in [-0.05, 0) is 58.0 Å². The standard InChI is InChI=1S/C14H28N2S/c1-12-14(7-5-11-17-12)16-10-4-3-6-13(16)8-9-15-2/h12-15H,3-11H2,1-2H3. The van der Waals surface area contributed by atoms with Crippen LogP contribution < -0.4 is 5.32 Å². The first-order valence-corrected chi connectivity index (χ1v) is 8.39. The zero-order valence-electron chi connectivity index (χ0n) is 11.5. The van der Waals surface area contributed by atoms with Gasteiger partial charge in [-0.1, -0.05) is 13.3 Å². The van der Waals surface area contributed by atoms with E-state index in [1.807, 2.05) is 0 Å². The third kappa shape index (κ3) is 3.62. The molecular weight excluding hydrogens is 228 g/mol. The zero-order chi connectivity index (χ0) is 12.1. The molecule has 0 saturated carbocycles. The molecule has 0 radical (unpaired) electrons. The van der Waals surface area contributed by atoms with E-state index in [0.717, 1.165) is 17.3 Å². The second kappa shape index (κ2) is 7.01. The molecule has 3 unspecified atom stereocenters. The highest BCUT2D eigenvalue weighted by molar-refractivity contribution is 7.99. The van der Waals surface area contributed by atoms with Gasteiger partial charge in [0.15, 0.2) is 0 Å². The molecule has 3 heteroatoms. The maximum atomic E-state index is 3.32. The third-order valence-electron chi connectivity index (χ3n) is 4.39. The molecule has 2 rings (SSSR count). The van der Waals surface area contributed by atoms with Crippen LogP contribution in [0.15, 0.2) is 0 Å². The average Bonchev–Trinajstić information content (AvgIpc) is 2.37. The molecule has 3 atom stereocenters. The Hall–Kier alpha value is 0.270. The number of hydrogen-bond acceptors (Lipinski definition) is 3. The lowest BCUT2D eigenvalue weighted by Crippen LogP contribution is -2.51. The summed E-state index contributed by atoms with van der Waals surface area (Å²) in [4.78, 5) is 2.86.